The molecule has 2 aromatic carbocycles. The Kier molecular flexibility index (Phi) is 4.38. The van der Waals surface area contributed by atoms with E-state index in [0.29, 0.717) is 10.7 Å². The zero-order valence-electron chi connectivity index (χ0n) is 12.3. The molecular formula is C17H12Cl2N4O. The summed E-state index contributed by atoms with van der Waals surface area (Å²) in [6.45, 7) is 0. The van der Waals surface area contributed by atoms with E-state index in [1.807, 2.05) is 24.3 Å². The Morgan fingerprint density at radius 1 is 1.00 bits per heavy atom. The second-order valence-electron chi connectivity index (χ2n) is 5.06. The largest absolute Gasteiger partial charge is 0.370 e. The minimum absolute atomic E-state index is 0.279. The molecule has 0 fully saturated rings. The van der Waals surface area contributed by atoms with E-state index in [9.17, 15) is 4.79 Å². The number of rotatable bonds is 2. The maximum atomic E-state index is 12.1. The van der Waals surface area contributed by atoms with Crippen LogP contribution in [0.4, 0.5) is 0 Å². The van der Waals surface area contributed by atoms with Crippen molar-refractivity contribution in [2.75, 3.05) is 0 Å². The topological polar surface area (TPSA) is 94.4 Å². The number of aliphatic imine (C=N–C) groups is 1. The van der Waals surface area contributed by atoms with Crippen molar-refractivity contribution >= 4 is 45.8 Å². The number of nitrogens with zero attached hydrogens (tertiary/aromatic N) is 2. The van der Waals surface area contributed by atoms with E-state index >= 15 is 0 Å². The number of benzene rings is 2. The van der Waals surface area contributed by atoms with Crippen molar-refractivity contribution < 1.29 is 4.79 Å². The maximum absolute atomic E-state index is 12.1. The van der Waals surface area contributed by atoms with E-state index in [1.165, 1.54) is 0 Å². The molecule has 0 saturated heterocycles. The molecule has 1 aromatic heterocycles. The molecule has 0 aliphatic carbocycles. The Hall–Kier alpha value is -2.63. The van der Waals surface area contributed by atoms with Crippen LogP contribution in [0.5, 0.6) is 0 Å². The van der Waals surface area contributed by atoms with Crippen LogP contribution in [0.1, 0.15) is 10.4 Å². The van der Waals surface area contributed by atoms with Crippen molar-refractivity contribution in [2.24, 2.45) is 16.5 Å². The lowest BCUT2D eigenvalue weighted by molar-refractivity contribution is 0.100. The highest BCUT2D eigenvalue weighted by Gasteiger charge is 2.12. The number of guanidine groups is 1. The van der Waals surface area contributed by atoms with Gasteiger partial charge in [0.15, 0.2) is 5.96 Å². The fraction of sp³-hybridized carbons (Fsp3) is 0. The van der Waals surface area contributed by atoms with Gasteiger partial charge >= 0.3 is 0 Å². The number of pyridine rings is 1. The first-order valence-electron chi connectivity index (χ1n) is 6.95. The molecular weight excluding hydrogens is 347 g/mol. The van der Waals surface area contributed by atoms with E-state index in [2.05, 4.69) is 9.98 Å². The highest BCUT2D eigenvalue weighted by molar-refractivity contribution is 6.34. The van der Waals surface area contributed by atoms with Crippen LogP contribution >= 0.6 is 23.2 Å². The van der Waals surface area contributed by atoms with Crippen LogP contribution in [0.3, 0.4) is 0 Å². The van der Waals surface area contributed by atoms with Gasteiger partial charge in [0.05, 0.1) is 0 Å². The number of carbonyl (C=O) groups is 1. The van der Waals surface area contributed by atoms with Gasteiger partial charge in [-0.3, -0.25) is 4.79 Å². The zero-order chi connectivity index (χ0) is 17.3. The number of nitrogens with two attached hydrogens (primary N) is 2. The van der Waals surface area contributed by atoms with E-state index < -0.39 is 5.91 Å². The van der Waals surface area contributed by atoms with Crippen LogP contribution < -0.4 is 11.5 Å². The molecule has 3 aromatic rings. The molecule has 0 aliphatic rings. The third-order valence-electron chi connectivity index (χ3n) is 3.46. The van der Waals surface area contributed by atoms with Crippen LogP contribution in [-0.2, 0) is 0 Å². The Balaban J connectivity index is 2.22. The van der Waals surface area contributed by atoms with Crippen molar-refractivity contribution in [3.05, 3.63) is 64.4 Å². The lowest BCUT2D eigenvalue weighted by atomic mass is 9.97. The molecule has 4 N–H and O–H groups in total. The molecule has 0 atom stereocenters. The van der Waals surface area contributed by atoms with Gasteiger partial charge in [-0.15, -0.1) is 0 Å². The Bertz CT molecular complexity index is 981. The standard InChI is InChI=1S/C17H12Cl2N4O/c18-14-7-6-12(15(19)22-14)11-3-1-2-9-4-5-10(8-13(9)11)16(24)23-17(20)21/h1-8H,(H4,20,21,23,24). The molecule has 120 valence electrons. The number of hydrogen-bond acceptors (Lipinski definition) is 2. The van der Waals surface area contributed by atoms with Crippen LogP contribution in [0.15, 0.2) is 53.5 Å². The average Bonchev–Trinajstić information content (AvgIpc) is 2.53. The molecule has 24 heavy (non-hydrogen) atoms. The first kappa shape index (κ1) is 16.2. The summed E-state index contributed by atoms with van der Waals surface area (Å²) in [5, 5.41) is 2.38. The molecule has 3 rings (SSSR count). The van der Waals surface area contributed by atoms with Crippen LogP contribution in [0.25, 0.3) is 21.9 Å². The van der Waals surface area contributed by atoms with Gasteiger partial charge in [0.1, 0.15) is 10.3 Å². The molecule has 5 nitrogen and oxygen atoms in total. The van der Waals surface area contributed by atoms with E-state index in [4.69, 9.17) is 34.7 Å². The summed E-state index contributed by atoms with van der Waals surface area (Å²) >= 11 is 12.1. The Labute approximate surface area is 147 Å². The summed E-state index contributed by atoms with van der Waals surface area (Å²) in [6, 6.07) is 14.4. The lowest BCUT2D eigenvalue weighted by Crippen LogP contribution is -2.24. The van der Waals surface area contributed by atoms with Gasteiger partial charge in [-0.1, -0.05) is 47.5 Å². The summed E-state index contributed by atoms with van der Waals surface area (Å²) in [5.74, 6) is -0.787. The first-order valence-corrected chi connectivity index (χ1v) is 7.70. The quantitative estimate of drug-likeness (QED) is 0.415. The predicted molar refractivity (Wildman–Crippen MR) is 97.3 cm³/mol. The van der Waals surface area contributed by atoms with Gasteiger partial charge in [0.25, 0.3) is 5.91 Å². The predicted octanol–water partition coefficient (Wildman–Crippen LogP) is 3.62. The number of hydrogen-bond donors (Lipinski definition) is 2. The fourth-order valence-corrected chi connectivity index (χ4v) is 2.88. The van der Waals surface area contributed by atoms with Crippen molar-refractivity contribution in [3.63, 3.8) is 0 Å². The SMILES string of the molecule is NC(N)=NC(=O)c1ccc2cccc(-c3ccc(Cl)nc3Cl)c2c1. The number of amides is 1. The Morgan fingerprint density at radius 2 is 1.79 bits per heavy atom. The molecule has 0 bridgehead atoms. The van der Waals surface area contributed by atoms with Gasteiger partial charge in [-0.25, -0.2) is 4.98 Å². The molecule has 0 unspecified atom stereocenters. The smallest absolute Gasteiger partial charge is 0.280 e. The van der Waals surface area contributed by atoms with Crippen molar-refractivity contribution in [1.29, 1.82) is 0 Å². The molecule has 0 aliphatic heterocycles. The number of carbonyl (C=O) groups excluding carboxylic acids is 1. The highest BCUT2D eigenvalue weighted by atomic mass is 35.5. The number of fused-ring (bicyclic) bond motifs is 1. The summed E-state index contributed by atoms with van der Waals surface area (Å²) < 4.78 is 0. The lowest BCUT2D eigenvalue weighted by Gasteiger charge is -2.09. The van der Waals surface area contributed by atoms with E-state index in [0.717, 1.165) is 21.9 Å². The van der Waals surface area contributed by atoms with Gasteiger partial charge in [-0.05, 0) is 40.6 Å². The molecule has 7 heteroatoms. The number of aromatic nitrogens is 1. The molecule has 1 heterocycles. The minimum atomic E-state index is -0.507. The first-order chi connectivity index (χ1) is 11.5. The van der Waals surface area contributed by atoms with E-state index in [1.54, 1.807) is 24.3 Å². The van der Waals surface area contributed by atoms with Crippen molar-refractivity contribution in [1.82, 2.24) is 4.98 Å². The van der Waals surface area contributed by atoms with Crippen molar-refractivity contribution in [3.8, 4) is 11.1 Å². The van der Waals surface area contributed by atoms with Crippen molar-refractivity contribution in [2.45, 2.75) is 0 Å². The van der Waals surface area contributed by atoms with Gasteiger partial charge < -0.3 is 11.5 Å². The summed E-state index contributed by atoms with van der Waals surface area (Å²) in [5.41, 5.74) is 12.5. The highest BCUT2D eigenvalue weighted by Crippen LogP contribution is 2.33. The van der Waals surface area contributed by atoms with Crippen LogP contribution in [0.2, 0.25) is 10.3 Å². The monoisotopic (exact) mass is 358 g/mol. The molecule has 0 spiro atoms. The third-order valence-corrected chi connectivity index (χ3v) is 3.96. The normalized spacial score (nSPS) is 10.6. The van der Waals surface area contributed by atoms with Gasteiger partial charge in [-0.2, -0.15) is 4.99 Å². The number of halogens is 2. The summed E-state index contributed by atoms with van der Waals surface area (Å²) in [4.78, 5) is 19.7. The third kappa shape index (κ3) is 3.18. The van der Waals surface area contributed by atoms with Gasteiger partial charge in [0, 0.05) is 11.1 Å². The minimum Gasteiger partial charge on any atom is -0.370 e. The second kappa shape index (κ2) is 6.47. The molecule has 0 radical (unpaired) electrons. The fourth-order valence-electron chi connectivity index (χ4n) is 2.44. The second-order valence-corrected chi connectivity index (χ2v) is 5.80. The van der Waals surface area contributed by atoms with Crippen LogP contribution in [0, 0.1) is 0 Å². The zero-order valence-corrected chi connectivity index (χ0v) is 13.8. The van der Waals surface area contributed by atoms with Crippen LogP contribution in [-0.4, -0.2) is 16.9 Å². The van der Waals surface area contributed by atoms with Gasteiger partial charge in [0.2, 0.25) is 0 Å². The summed E-state index contributed by atoms with van der Waals surface area (Å²) in [7, 11) is 0. The summed E-state index contributed by atoms with van der Waals surface area (Å²) in [6.07, 6.45) is 0. The van der Waals surface area contributed by atoms with E-state index in [-0.39, 0.29) is 11.1 Å². The Morgan fingerprint density at radius 3 is 2.50 bits per heavy atom. The molecule has 1 amide bonds. The molecule has 0 saturated carbocycles. The maximum Gasteiger partial charge on any atom is 0.280 e. The average molecular weight is 359 g/mol.